The molecule has 0 aliphatic carbocycles. The van der Waals surface area contributed by atoms with E-state index in [4.69, 9.17) is 4.74 Å². The van der Waals surface area contributed by atoms with E-state index in [0.717, 1.165) is 48.9 Å². The summed E-state index contributed by atoms with van der Waals surface area (Å²) in [5, 5.41) is 5.85. The zero-order valence-electron chi connectivity index (χ0n) is 16.1. The number of nitrogens with one attached hydrogen (secondary N) is 2. The smallest absolute Gasteiger partial charge is 0.319 e. The summed E-state index contributed by atoms with van der Waals surface area (Å²) in [4.78, 5) is 14.4. The van der Waals surface area contributed by atoms with E-state index < -0.39 is 11.6 Å². The van der Waals surface area contributed by atoms with Gasteiger partial charge in [-0.15, -0.1) is 0 Å². The Morgan fingerprint density at radius 1 is 1.14 bits per heavy atom. The highest BCUT2D eigenvalue weighted by molar-refractivity contribution is 5.89. The zero-order chi connectivity index (χ0) is 20.1. The lowest BCUT2D eigenvalue weighted by Gasteiger charge is -2.32. The molecule has 7 heteroatoms. The summed E-state index contributed by atoms with van der Waals surface area (Å²) in [6.45, 7) is 4.06. The van der Waals surface area contributed by atoms with E-state index in [0.29, 0.717) is 12.2 Å². The minimum atomic E-state index is -0.829. The molecule has 1 heterocycles. The molecule has 2 N–H and O–H groups in total. The van der Waals surface area contributed by atoms with Crippen LogP contribution in [0.3, 0.4) is 0 Å². The number of halogens is 2. The average molecular weight is 389 g/mol. The van der Waals surface area contributed by atoms with E-state index in [1.54, 1.807) is 19.2 Å². The third-order valence-electron chi connectivity index (χ3n) is 4.97. The van der Waals surface area contributed by atoms with Gasteiger partial charge in [0, 0.05) is 31.4 Å². The maximum absolute atomic E-state index is 13.3. The van der Waals surface area contributed by atoms with Gasteiger partial charge in [0.15, 0.2) is 11.6 Å². The summed E-state index contributed by atoms with van der Waals surface area (Å²) >= 11 is 0. The summed E-state index contributed by atoms with van der Waals surface area (Å²) in [5.74, 6) is -0.872. The van der Waals surface area contributed by atoms with Crippen LogP contribution in [-0.2, 0) is 6.54 Å². The van der Waals surface area contributed by atoms with Crippen LogP contribution in [0.25, 0.3) is 0 Å². The van der Waals surface area contributed by atoms with Gasteiger partial charge in [0.1, 0.15) is 5.75 Å². The van der Waals surface area contributed by atoms with Crippen molar-refractivity contribution >= 4 is 11.7 Å². The standard InChI is InChI=1S/C21H25F2N3O2/c1-14-11-17(4-6-20(14)28-2)25-21(27)24-16-7-9-26(10-8-16)13-15-3-5-18(22)19(23)12-15/h3-6,11-12,16H,7-10,13H2,1-2H3,(H2,24,25,27). The highest BCUT2D eigenvalue weighted by Gasteiger charge is 2.21. The van der Waals surface area contributed by atoms with Crippen molar-refractivity contribution in [2.45, 2.75) is 32.4 Å². The van der Waals surface area contributed by atoms with Gasteiger partial charge < -0.3 is 15.4 Å². The largest absolute Gasteiger partial charge is 0.496 e. The van der Waals surface area contributed by atoms with Crippen molar-refractivity contribution in [2.24, 2.45) is 0 Å². The van der Waals surface area contributed by atoms with Crippen molar-refractivity contribution in [2.75, 3.05) is 25.5 Å². The molecule has 2 aromatic rings. The number of hydrogen-bond acceptors (Lipinski definition) is 3. The van der Waals surface area contributed by atoms with Crippen molar-refractivity contribution < 1.29 is 18.3 Å². The van der Waals surface area contributed by atoms with Crippen LogP contribution in [0.4, 0.5) is 19.3 Å². The van der Waals surface area contributed by atoms with Crippen LogP contribution >= 0.6 is 0 Å². The number of anilines is 1. The molecule has 1 aliphatic rings. The SMILES string of the molecule is COc1ccc(NC(=O)NC2CCN(Cc3ccc(F)c(F)c3)CC2)cc1C. The molecule has 5 nitrogen and oxygen atoms in total. The molecular formula is C21H25F2N3O2. The predicted molar refractivity (Wildman–Crippen MR) is 105 cm³/mol. The fraction of sp³-hybridized carbons (Fsp3) is 0.381. The second kappa shape index (κ2) is 9.01. The Morgan fingerprint density at radius 3 is 2.54 bits per heavy atom. The number of amides is 2. The monoisotopic (exact) mass is 389 g/mol. The van der Waals surface area contributed by atoms with E-state index in [-0.39, 0.29) is 12.1 Å². The Balaban J connectivity index is 1.45. The van der Waals surface area contributed by atoms with Crippen LogP contribution in [0, 0.1) is 18.6 Å². The molecule has 2 aromatic carbocycles. The fourth-order valence-corrected chi connectivity index (χ4v) is 3.44. The molecule has 0 bridgehead atoms. The van der Waals surface area contributed by atoms with Crippen molar-refractivity contribution in [1.82, 2.24) is 10.2 Å². The van der Waals surface area contributed by atoms with Gasteiger partial charge in [0.25, 0.3) is 0 Å². The maximum atomic E-state index is 13.3. The fourth-order valence-electron chi connectivity index (χ4n) is 3.44. The topological polar surface area (TPSA) is 53.6 Å². The van der Waals surface area contributed by atoms with E-state index in [2.05, 4.69) is 15.5 Å². The van der Waals surface area contributed by atoms with Crippen LogP contribution in [0.15, 0.2) is 36.4 Å². The summed E-state index contributed by atoms with van der Waals surface area (Å²) in [5.41, 5.74) is 2.41. The number of urea groups is 1. The first kappa shape index (κ1) is 20.1. The molecule has 2 amide bonds. The van der Waals surface area contributed by atoms with Crippen LogP contribution in [0.5, 0.6) is 5.75 Å². The maximum Gasteiger partial charge on any atom is 0.319 e. The third-order valence-corrected chi connectivity index (χ3v) is 4.97. The molecular weight excluding hydrogens is 364 g/mol. The van der Waals surface area contributed by atoms with E-state index >= 15 is 0 Å². The number of nitrogens with zero attached hydrogens (tertiary/aromatic N) is 1. The highest BCUT2D eigenvalue weighted by atomic mass is 19.2. The van der Waals surface area contributed by atoms with Crippen molar-refractivity contribution in [3.8, 4) is 5.75 Å². The Morgan fingerprint density at radius 2 is 1.89 bits per heavy atom. The molecule has 0 atom stereocenters. The summed E-state index contributed by atoms with van der Waals surface area (Å²) < 4.78 is 31.6. The van der Waals surface area contributed by atoms with Gasteiger partial charge in [-0.05, 0) is 61.2 Å². The molecule has 0 aromatic heterocycles. The Kier molecular flexibility index (Phi) is 6.46. The quantitative estimate of drug-likeness (QED) is 0.811. The van der Waals surface area contributed by atoms with E-state index in [1.807, 2.05) is 19.1 Å². The first-order valence-corrected chi connectivity index (χ1v) is 9.33. The number of benzene rings is 2. The van der Waals surface area contributed by atoms with Crippen LogP contribution < -0.4 is 15.4 Å². The Labute approximate surface area is 163 Å². The molecule has 150 valence electrons. The van der Waals surface area contributed by atoms with Gasteiger partial charge in [0.2, 0.25) is 0 Å². The first-order valence-electron chi connectivity index (χ1n) is 9.33. The summed E-state index contributed by atoms with van der Waals surface area (Å²) in [6.07, 6.45) is 1.61. The van der Waals surface area contributed by atoms with Crippen molar-refractivity contribution in [1.29, 1.82) is 0 Å². The molecule has 0 radical (unpaired) electrons. The van der Waals surface area contributed by atoms with Gasteiger partial charge >= 0.3 is 6.03 Å². The molecule has 1 aliphatic heterocycles. The average Bonchev–Trinajstić information content (AvgIpc) is 2.66. The number of aryl methyl sites for hydroxylation is 1. The lowest BCUT2D eigenvalue weighted by molar-refractivity contribution is 0.189. The lowest BCUT2D eigenvalue weighted by atomic mass is 10.0. The Bertz CT molecular complexity index is 836. The Hall–Kier alpha value is -2.67. The number of piperidine rings is 1. The van der Waals surface area contributed by atoms with E-state index in [9.17, 15) is 13.6 Å². The minimum Gasteiger partial charge on any atom is -0.496 e. The molecule has 3 rings (SSSR count). The predicted octanol–water partition coefficient (Wildman–Crippen LogP) is 4.07. The van der Waals surface area contributed by atoms with Gasteiger partial charge in [-0.3, -0.25) is 4.90 Å². The van der Waals surface area contributed by atoms with Gasteiger partial charge in [-0.1, -0.05) is 6.07 Å². The number of methoxy groups -OCH3 is 1. The zero-order valence-corrected chi connectivity index (χ0v) is 16.1. The molecule has 1 saturated heterocycles. The second-order valence-corrected chi connectivity index (χ2v) is 7.08. The van der Waals surface area contributed by atoms with Crippen molar-refractivity contribution in [3.05, 3.63) is 59.2 Å². The summed E-state index contributed by atoms with van der Waals surface area (Å²) in [6, 6.07) is 9.34. The first-order chi connectivity index (χ1) is 13.4. The number of rotatable bonds is 5. The minimum absolute atomic E-state index is 0.0838. The van der Waals surface area contributed by atoms with E-state index in [1.165, 1.54) is 6.07 Å². The number of likely N-dealkylation sites (tertiary alicyclic amines) is 1. The number of hydrogen-bond donors (Lipinski definition) is 2. The molecule has 0 saturated carbocycles. The highest BCUT2D eigenvalue weighted by Crippen LogP contribution is 2.21. The molecule has 1 fully saturated rings. The molecule has 0 spiro atoms. The van der Waals surface area contributed by atoms with Gasteiger partial charge in [-0.2, -0.15) is 0 Å². The normalized spacial score (nSPS) is 15.3. The third kappa shape index (κ3) is 5.19. The van der Waals surface area contributed by atoms with Gasteiger partial charge in [-0.25, -0.2) is 13.6 Å². The number of ether oxygens (including phenoxy) is 1. The summed E-state index contributed by atoms with van der Waals surface area (Å²) in [7, 11) is 1.61. The lowest BCUT2D eigenvalue weighted by Crippen LogP contribution is -2.45. The van der Waals surface area contributed by atoms with Crippen LogP contribution in [0.2, 0.25) is 0 Å². The van der Waals surface area contributed by atoms with Crippen LogP contribution in [0.1, 0.15) is 24.0 Å². The number of carbonyl (C=O) groups excluding carboxylic acids is 1. The van der Waals surface area contributed by atoms with Crippen molar-refractivity contribution in [3.63, 3.8) is 0 Å². The van der Waals surface area contributed by atoms with Gasteiger partial charge in [0.05, 0.1) is 7.11 Å². The molecule has 28 heavy (non-hydrogen) atoms. The number of carbonyl (C=O) groups is 1. The second-order valence-electron chi connectivity index (χ2n) is 7.08. The van der Waals surface area contributed by atoms with Crippen LogP contribution in [-0.4, -0.2) is 37.2 Å². The molecule has 0 unspecified atom stereocenters.